The van der Waals surface area contributed by atoms with Crippen LogP contribution in [0.5, 0.6) is 0 Å². The van der Waals surface area contributed by atoms with Crippen molar-refractivity contribution in [2.75, 3.05) is 5.75 Å². The second-order valence-corrected chi connectivity index (χ2v) is 10.9. The first-order valence-electron chi connectivity index (χ1n) is 9.92. The molecule has 4 heteroatoms. The van der Waals surface area contributed by atoms with Crippen molar-refractivity contribution in [2.24, 2.45) is 5.92 Å². The minimum Gasteiger partial charge on any atom is -0.224 e. The number of halogens is 1. The molecule has 0 saturated carbocycles. The maximum absolute atomic E-state index is 12.9. The predicted molar refractivity (Wildman–Crippen MR) is 123 cm³/mol. The predicted octanol–water partition coefficient (Wildman–Crippen LogP) is 6.33. The summed E-state index contributed by atoms with van der Waals surface area (Å²) in [5.74, 6) is 0.373. The molecular weight excluding hydrogens is 444 g/mol. The Hall–Kier alpha value is -2.17. The van der Waals surface area contributed by atoms with Gasteiger partial charge in [-0.3, -0.25) is 0 Å². The summed E-state index contributed by atoms with van der Waals surface area (Å²) in [7, 11) is -3.27. The molecule has 0 fully saturated rings. The van der Waals surface area contributed by atoms with Gasteiger partial charge in [-0.1, -0.05) is 64.5 Å². The van der Waals surface area contributed by atoms with E-state index < -0.39 is 9.84 Å². The normalized spacial score (nSPS) is 16.8. The summed E-state index contributed by atoms with van der Waals surface area (Å²) in [6, 6.07) is 24.3. The smallest absolute Gasteiger partial charge is 0.178 e. The number of hydrogen-bond donors (Lipinski definition) is 0. The highest BCUT2D eigenvalue weighted by molar-refractivity contribution is 9.10. The zero-order valence-electron chi connectivity index (χ0n) is 15.9. The quantitative estimate of drug-likeness (QED) is 0.331. The number of aryl methyl sites for hydroxylation is 1. The molecule has 0 bridgehead atoms. The average molecular weight is 465 g/mol. The van der Waals surface area contributed by atoms with E-state index in [1.807, 2.05) is 0 Å². The lowest BCUT2D eigenvalue weighted by atomic mass is 9.82. The summed E-state index contributed by atoms with van der Waals surface area (Å²) in [6.45, 7) is 0. The first-order chi connectivity index (χ1) is 14.0. The fourth-order valence-corrected chi connectivity index (χ4v) is 6.55. The molecule has 0 heterocycles. The minimum absolute atomic E-state index is 0.161. The molecule has 1 aliphatic rings. The number of sulfone groups is 1. The van der Waals surface area contributed by atoms with E-state index in [0.717, 1.165) is 23.7 Å². The van der Waals surface area contributed by atoms with Crippen LogP contribution in [0.25, 0.3) is 21.5 Å². The van der Waals surface area contributed by atoms with E-state index in [1.54, 1.807) is 24.3 Å². The van der Waals surface area contributed by atoms with Crippen LogP contribution >= 0.6 is 15.9 Å². The van der Waals surface area contributed by atoms with Crippen molar-refractivity contribution >= 4 is 47.3 Å². The van der Waals surface area contributed by atoms with Crippen LogP contribution in [-0.2, 0) is 22.7 Å². The largest absolute Gasteiger partial charge is 0.224 e. The number of rotatable bonds is 3. The Morgan fingerprint density at radius 1 is 0.828 bits per heavy atom. The molecule has 0 amide bonds. The molecule has 4 aromatic carbocycles. The van der Waals surface area contributed by atoms with Gasteiger partial charge in [0.2, 0.25) is 0 Å². The van der Waals surface area contributed by atoms with Gasteiger partial charge in [0, 0.05) is 4.47 Å². The topological polar surface area (TPSA) is 34.1 Å². The van der Waals surface area contributed by atoms with E-state index in [0.29, 0.717) is 4.90 Å². The molecule has 0 radical (unpaired) electrons. The van der Waals surface area contributed by atoms with Crippen molar-refractivity contribution in [3.8, 4) is 0 Å². The maximum Gasteiger partial charge on any atom is 0.178 e. The van der Waals surface area contributed by atoms with Gasteiger partial charge >= 0.3 is 0 Å². The number of benzene rings is 4. The van der Waals surface area contributed by atoms with Gasteiger partial charge in [0.15, 0.2) is 9.84 Å². The molecule has 0 saturated heterocycles. The zero-order chi connectivity index (χ0) is 20.0. The molecule has 0 aromatic heterocycles. The van der Waals surface area contributed by atoms with Gasteiger partial charge in [0.1, 0.15) is 0 Å². The standard InChI is InChI=1S/C25H21BrO2S/c26-20-8-10-21(11-9-20)29(27,28)16-17-5-12-23-19(15-17)7-14-24-22-4-2-1-3-18(22)6-13-25(23)24/h1-4,6-11,13-14,17H,5,12,15-16H2. The Morgan fingerprint density at radius 2 is 1.59 bits per heavy atom. The van der Waals surface area contributed by atoms with E-state index in [-0.39, 0.29) is 11.7 Å². The van der Waals surface area contributed by atoms with Crippen molar-refractivity contribution in [3.63, 3.8) is 0 Å². The first kappa shape index (κ1) is 18.8. The lowest BCUT2D eigenvalue weighted by molar-refractivity contribution is 0.493. The lowest BCUT2D eigenvalue weighted by Crippen LogP contribution is -2.23. The maximum atomic E-state index is 12.9. The molecule has 1 unspecified atom stereocenters. The van der Waals surface area contributed by atoms with Gasteiger partial charge in [-0.15, -0.1) is 0 Å². The molecule has 1 aliphatic carbocycles. The molecule has 0 N–H and O–H groups in total. The van der Waals surface area contributed by atoms with Gasteiger partial charge < -0.3 is 0 Å². The highest BCUT2D eigenvalue weighted by atomic mass is 79.9. The summed E-state index contributed by atoms with van der Waals surface area (Å²) in [5.41, 5.74) is 2.69. The number of hydrogen-bond acceptors (Lipinski definition) is 2. The molecule has 0 spiro atoms. The lowest BCUT2D eigenvalue weighted by Gasteiger charge is -2.26. The molecule has 0 aliphatic heterocycles. The fourth-order valence-electron chi connectivity index (χ4n) is 4.63. The Kier molecular flexibility index (Phi) is 4.72. The highest BCUT2D eigenvalue weighted by Gasteiger charge is 2.26. The Balaban J connectivity index is 1.46. The van der Waals surface area contributed by atoms with Crippen molar-refractivity contribution < 1.29 is 8.42 Å². The van der Waals surface area contributed by atoms with Crippen LogP contribution in [0.15, 0.2) is 82.2 Å². The van der Waals surface area contributed by atoms with Crippen LogP contribution in [0.3, 0.4) is 0 Å². The minimum atomic E-state index is -3.27. The van der Waals surface area contributed by atoms with Crippen LogP contribution < -0.4 is 0 Å². The van der Waals surface area contributed by atoms with E-state index in [9.17, 15) is 8.42 Å². The van der Waals surface area contributed by atoms with Crippen LogP contribution in [0.4, 0.5) is 0 Å². The Morgan fingerprint density at radius 3 is 2.41 bits per heavy atom. The third-order valence-corrected chi connectivity index (χ3v) is 8.50. The summed E-state index contributed by atoms with van der Waals surface area (Å²) in [5, 5.41) is 5.15. The van der Waals surface area contributed by atoms with Crippen molar-refractivity contribution in [1.82, 2.24) is 0 Å². The Labute approximate surface area is 179 Å². The van der Waals surface area contributed by atoms with Gasteiger partial charge in [-0.25, -0.2) is 8.42 Å². The fraction of sp³-hybridized carbons (Fsp3) is 0.200. The van der Waals surface area contributed by atoms with Gasteiger partial charge in [0.25, 0.3) is 0 Å². The molecule has 4 aromatic rings. The highest BCUT2D eigenvalue weighted by Crippen LogP contribution is 2.35. The summed E-state index contributed by atoms with van der Waals surface area (Å²) in [6.07, 6.45) is 2.67. The van der Waals surface area contributed by atoms with Crippen molar-refractivity contribution in [3.05, 3.63) is 88.4 Å². The van der Waals surface area contributed by atoms with E-state index in [4.69, 9.17) is 0 Å². The molecule has 1 atom stereocenters. The molecule has 2 nitrogen and oxygen atoms in total. The molecule has 29 heavy (non-hydrogen) atoms. The zero-order valence-corrected chi connectivity index (χ0v) is 18.3. The average Bonchev–Trinajstić information content (AvgIpc) is 2.73. The monoisotopic (exact) mass is 464 g/mol. The molecular formula is C25H21BrO2S. The van der Waals surface area contributed by atoms with Gasteiger partial charge in [0.05, 0.1) is 10.6 Å². The van der Waals surface area contributed by atoms with E-state index >= 15 is 0 Å². The molecule has 5 rings (SSSR count). The van der Waals surface area contributed by atoms with Crippen LogP contribution in [0.2, 0.25) is 0 Å². The second-order valence-electron chi connectivity index (χ2n) is 7.93. The molecule has 146 valence electrons. The third-order valence-electron chi connectivity index (χ3n) is 6.07. The van der Waals surface area contributed by atoms with Crippen LogP contribution in [0.1, 0.15) is 17.5 Å². The summed E-state index contributed by atoms with van der Waals surface area (Å²) < 4.78 is 26.6. The number of fused-ring (bicyclic) bond motifs is 5. The van der Waals surface area contributed by atoms with Crippen LogP contribution in [-0.4, -0.2) is 14.2 Å². The van der Waals surface area contributed by atoms with Crippen molar-refractivity contribution in [1.29, 1.82) is 0 Å². The summed E-state index contributed by atoms with van der Waals surface area (Å²) in [4.78, 5) is 0.413. The van der Waals surface area contributed by atoms with E-state index in [1.165, 1.54) is 32.7 Å². The summed E-state index contributed by atoms with van der Waals surface area (Å²) >= 11 is 3.37. The third kappa shape index (κ3) is 3.49. The van der Waals surface area contributed by atoms with Gasteiger partial charge in [-0.05, 0) is 82.1 Å². The van der Waals surface area contributed by atoms with Crippen molar-refractivity contribution in [2.45, 2.75) is 24.2 Å². The second kappa shape index (κ2) is 7.26. The van der Waals surface area contributed by atoms with Crippen LogP contribution in [0, 0.1) is 5.92 Å². The Bertz CT molecular complexity index is 1320. The SMILES string of the molecule is O=S(=O)(CC1CCc2c(ccc3c2ccc2ccccc23)C1)c1ccc(Br)cc1. The van der Waals surface area contributed by atoms with E-state index in [2.05, 4.69) is 64.5 Å². The first-order valence-corrected chi connectivity index (χ1v) is 12.4. The van der Waals surface area contributed by atoms with Gasteiger partial charge in [-0.2, -0.15) is 0 Å².